The van der Waals surface area contributed by atoms with Crippen LogP contribution in [0.2, 0.25) is 0 Å². The molecule has 2 aromatic carbocycles. The lowest BCUT2D eigenvalue weighted by Crippen LogP contribution is -2.41. The van der Waals surface area contributed by atoms with Crippen LogP contribution in [0.25, 0.3) is 0 Å². The normalized spacial score (nSPS) is 21.4. The van der Waals surface area contributed by atoms with Gasteiger partial charge in [-0.2, -0.15) is 0 Å². The molecule has 1 N–H and O–H groups in total. The van der Waals surface area contributed by atoms with Crippen LogP contribution < -0.4 is 10.1 Å². The molecule has 2 aliphatic heterocycles. The van der Waals surface area contributed by atoms with Crippen molar-refractivity contribution in [2.75, 3.05) is 13.1 Å². The summed E-state index contributed by atoms with van der Waals surface area (Å²) in [5, 5.41) is 3.22. The molecule has 4 rings (SSSR count). The van der Waals surface area contributed by atoms with Crippen molar-refractivity contribution in [3.63, 3.8) is 0 Å². The molecule has 0 saturated carbocycles. The summed E-state index contributed by atoms with van der Waals surface area (Å²) in [6.07, 6.45) is 4.69. The summed E-state index contributed by atoms with van der Waals surface area (Å²) in [6, 6.07) is 16.0. The van der Waals surface area contributed by atoms with Gasteiger partial charge in [-0.1, -0.05) is 36.8 Å². The lowest BCUT2D eigenvalue weighted by atomic mass is 9.89. The zero-order chi connectivity index (χ0) is 19.6. The standard InChI is InChI=1S/C24H30N2O2/c1-24(2)16-21(20-8-4-5-9-22(20)28-24)25-23(27)19-12-10-18(11-13-19)17-26-14-6-3-7-15-26/h4-5,8-13,21H,3,6-7,14-17H2,1-2H3,(H,25,27)/t21-/m0/s1. The Hall–Kier alpha value is -2.33. The maximum Gasteiger partial charge on any atom is 0.251 e. The van der Waals surface area contributed by atoms with Crippen LogP contribution >= 0.6 is 0 Å². The second kappa shape index (κ2) is 7.96. The topological polar surface area (TPSA) is 41.6 Å². The molecule has 148 valence electrons. The van der Waals surface area contributed by atoms with E-state index in [1.807, 2.05) is 36.4 Å². The van der Waals surface area contributed by atoms with Gasteiger partial charge in [-0.25, -0.2) is 0 Å². The Morgan fingerprint density at radius 2 is 1.79 bits per heavy atom. The molecule has 28 heavy (non-hydrogen) atoms. The first kappa shape index (κ1) is 19.0. The molecule has 2 heterocycles. The second-order valence-electron chi connectivity index (χ2n) is 8.66. The number of ether oxygens (including phenoxy) is 1. The first-order chi connectivity index (χ1) is 13.5. The number of para-hydroxylation sites is 1. The smallest absolute Gasteiger partial charge is 0.251 e. The highest BCUT2D eigenvalue weighted by molar-refractivity contribution is 5.94. The quantitative estimate of drug-likeness (QED) is 0.838. The van der Waals surface area contributed by atoms with Crippen molar-refractivity contribution < 1.29 is 9.53 Å². The second-order valence-corrected chi connectivity index (χ2v) is 8.66. The Morgan fingerprint density at radius 1 is 1.07 bits per heavy atom. The number of nitrogens with one attached hydrogen (secondary N) is 1. The van der Waals surface area contributed by atoms with E-state index >= 15 is 0 Å². The summed E-state index contributed by atoms with van der Waals surface area (Å²) in [5.74, 6) is 0.836. The number of hydrogen-bond acceptors (Lipinski definition) is 3. The highest BCUT2D eigenvalue weighted by Crippen LogP contribution is 2.39. The first-order valence-corrected chi connectivity index (χ1v) is 10.4. The third-order valence-corrected chi connectivity index (χ3v) is 5.75. The van der Waals surface area contributed by atoms with E-state index < -0.39 is 0 Å². The van der Waals surface area contributed by atoms with Crippen LogP contribution in [0.1, 0.15) is 67.1 Å². The van der Waals surface area contributed by atoms with Crippen LogP contribution in [0.4, 0.5) is 0 Å². The van der Waals surface area contributed by atoms with Crippen molar-refractivity contribution in [1.82, 2.24) is 10.2 Å². The maximum atomic E-state index is 12.9. The van der Waals surface area contributed by atoms with Gasteiger partial charge in [0.15, 0.2) is 0 Å². The van der Waals surface area contributed by atoms with E-state index in [1.165, 1.54) is 37.9 Å². The Kier molecular flexibility index (Phi) is 5.40. The Morgan fingerprint density at radius 3 is 2.54 bits per heavy atom. The van der Waals surface area contributed by atoms with Crippen molar-refractivity contribution in [3.8, 4) is 5.75 Å². The van der Waals surface area contributed by atoms with Gasteiger partial charge in [0.05, 0.1) is 6.04 Å². The van der Waals surface area contributed by atoms with Crippen molar-refractivity contribution in [1.29, 1.82) is 0 Å². The predicted octanol–water partition coefficient (Wildman–Crippen LogP) is 4.70. The number of amides is 1. The highest BCUT2D eigenvalue weighted by atomic mass is 16.5. The minimum Gasteiger partial charge on any atom is -0.487 e. The number of benzene rings is 2. The van der Waals surface area contributed by atoms with Gasteiger partial charge in [-0.3, -0.25) is 9.69 Å². The van der Waals surface area contributed by atoms with Gasteiger partial charge in [0, 0.05) is 24.1 Å². The van der Waals surface area contributed by atoms with E-state index in [2.05, 4.69) is 36.2 Å². The molecule has 0 radical (unpaired) electrons. The summed E-state index contributed by atoms with van der Waals surface area (Å²) in [6.45, 7) is 7.47. The van der Waals surface area contributed by atoms with E-state index in [-0.39, 0.29) is 17.6 Å². The van der Waals surface area contributed by atoms with Gasteiger partial charge in [0.25, 0.3) is 5.91 Å². The summed E-state index contributed by atoms with van der Waals surface area (Å²) < 4.78 is 6.07. The molecule has 1 fully saturated rings. The molecule has 1 atom stereocenters. The van der Waals surface area contributed by atoms with Crippen molar-refractivity contribution in [3.05, 3.63) is 65.2 Å². The zero-order valence-electron chi connectivity index (χ0n) is 16.9. The number of nitrogens with zero attached hydrogens (tertiary/aromatic N) is 1. The minimum absolute atomic E-state index is 0.0259. The largest absolute Gasteiger partial charge is 0.487 e. The van der Waals surface area contributed by atoms with Gasteiger partial charge in [-0.15, -0.1) is 0 Å². The van der Waals surface area contributed by atoms with E-state index in [4.69, 9.17) is 4.74 Å². The van der Waals surface area contributed by atoms with Crippen molar-refractivity contribution in [2.24, 2.45) is 0 Å². The van der Waals surface area contributed by atoms with Gasteiger partial charge in [0.1, 0.15) is 11.4 Å². The summed E-state index contributed by atoms with van der Waals surface area (Å²) in [7, 11) is 0. The van der Waals surface area contributed by atoms with Crippen LogP contribution in [0.5, 0.6) is 5.75 Å². The summed E-state index contributed by atoms with van der Waals surface area (Å²) in [5.41, 5.74) is 2.74. The van der Waals surface area contributed by atoms with Crippen LogP contribution in [0.3, 0.4) is 0 Å². The lowest BCUT2D eigenvalue weighted by Gasteiger charge is -2.37. The molecular formula is C24H30N2O2. The predicted molar refractivity (Wildman–Crippen MR) is 112 cm³/mol. The third kappa shape index (κ3) is 4.39. The fourth-order valence-corrected chi connectivity index (χ4v) is 4.31. The SMILES string of the molecule is CC1(C)C[C@H](NC(=O)c2ccc(CN3CCCCC3)cc2)c2ccccc2O1. The molecule has 4 heteroatoms. The molecule has 0 bridgehead atoms. The Bertz CT molecular complexity index is 823. The molecule has 0 unspecified atom stereocenters. The Labute approximate surface area is 167 Å². The van der Waals surface area contributed by atoms with Gasteiger partial charge in [-0.05, 0) is 63.5 Å². The van der Waals surface area contributed by atoms with Gasteiger partial charge < -0.3 is 10.1 Å². The van der Waals surface area contributed by atoms with Crippen LogP contribution in [-0.2, 0) is 6.54 Å². The number of carbonyl (C=O) groups excluding carboxylic acids is 1. The molecule has 4 nitrogen and oxygen atoms in total. The van der Waals surface area contributed by atoms with Crippen LogP contribution in [0.15, 0.2) is 48.5 Å². The molecule has 0 aliphatic carbocycles. The number of likely N-dealkylation sites (tertiary alicyclic amines) is 1. The maximum absolute atomic E-state index is 12.9. The number of rotatable bonds is 4. The Balaban J connectivity index is 1.43. The number of hydrogen-bond donors (Lipinski definition) is 1. The van der Waals surface area contributed by atoms with Gasteiger partial charge in [0.2, 0.25) is 0 Å². The monoisotopic (exact) mass is 378 g/mol. The van der Waals surface area contributed by atoms with Crippen molar-refractivity contribution >= 4 is 5.91 Å². The number of fused-ring (bicyclic) bond motifs is 1. The molecule has 1 amide bonds. The van der Waals surface area contributed by atoms with E-state index in [9.17, 15) is 4.79 Å². The molecular weight excluding hydrogens is 348 g/mol. The molecule has 1 saturated heterocycles. The summed E-state index contributed by atoms with van der Waals surface area (Å²) >= 11 is 0. The molecule has 0 aromatic heterocycles. The van der Waals surface area contributed by atoms with Gasteiger partial charge >= 0.3 is 0 Å². The average Bonchev–Trinajstić information content (AvgIpc) is 2.68. The fraction of sp³-hybridized carbons (Fsp3) is 0.458. The highest BCUT2D eigenvalue weighted by Gasteiger charge is 2.34. The van der Waals surface area contributed by atoms with Crippen LogP contribution in [0, 0.1) is 0 Å². The summed E-state index contributed by atoms with van der Waals surface area (Å²) in [4.78, 5) is 15.4. The van der Waals surface area contributed by atoms with Crippen molar-refractivity contribution in [2.45, 2.75) is 57.7 Å². The lowest BCUT2D eigenvalue weighted by molar-refractivity contribution is 0.0619. The minimum atomic E-state index is -0.301. The molecule has 2 aliphatic rings. The third-order valence-electron chi connectivity index (χ3n) is 5.75. The number of carbonyl (C=O) groups is 1. The fourth-order valence-electron chi connectivity index (χ4n) is 4.31. The van der Waals surface area contributed by atoms with E-state index in [0.717, 1.165) is 24.3 Å². The average molecular weight is 379 g/mol. The molecule has 0 spiro atoms. The van der Waals surface area contributed by atoms with E-state index in [0.29, 0.717) is 5.56 Å². The first-order valence-electron chi connectivity index (χ1n) is 10.4. The zero-order valence-corrected chi connectivity index (χ0v) is 16.9. The molecule has 2 aromatic rings. The van der Waals surface area contributed by atoms with E-state index in [1.54, 1.807) is 0 Å². The number of piperidine rings is 1. The van der Waals surface area contributed by atoms with Crippen LogP contribution in [-0.4, -0.2) is 29.5 Å².